The lowest BCUT2D eigenvalue weighted by Gasteiger charge is -2.33. The van der Waals surface area contributed by atoms with Crippen molar-refractivity contribution in [3.8, 4) is 0 Å². The molecule has 1 aliphatic carbocycles. The largest absolute Gasteiger partial charge is 0.382 e. The van der Waals surface area contributed by atoms with E-state index < -0.39 is 17.6 Å². The number of hydrogen-bond donors (Lipinski definition) is 2. The molecule has 2 atom stereocenters. The molecular weight excluding hydrogens is 188 g/mol. The molecule has 0 saturated carbocycles. The Bertz CT molecular complexity index is 308. The average molecular weight is 198 g/mol. The Labute approximate surface area is 80.0 Å². The first-order valence-electron chi connectivity index (χ1n) is 4.01. The minimum atomic E-state index is -1.93. The van der Waals surface area contributed by atoms with Crippen molar-refractivity contribution in [1.82, 2.24) is 0 Å². The molecule has 0 aromatic rings. The Morgan fingerprint density at radius 2 is 1.86 bits per heavy atom. The van der Waals surface area contributed by atoms with Crippen LogP contribution in [0, 0.1) is 0 Å². The summed E-state index contributed by atoms with van der Waals surface area (Å²) in [6.07, 6.45) is 1.32. The third kappa shape index (κ3) is 1.94. The van der Waals surface area contributed by atoms with Crippen LogP contribution >= 0.6 is 0 Å². The predicted octanol–water partition coefficient (Wildman–Crippen LogP) is -1.23. The zero-order chi connectivity index (χ0) is 10.8. The van der Waals surface area contributed by atoms with Crippen molar-refractivity contribution in [2.24, 2.45) is 0 Å². The molecule has 5 heteroatoms. The molecule has 0 radical (unpaired) electrons. The van der Waals surface area contributed by atoms with Gasteiger partial charge in [-0.3, -0.25) is 9.59 Å². The molecule has 2 unspecified atom stereocenters. The molecule has 0 aliphatic heterocycles. The van der Waals surface area contributed by atoms with E-state index in [0.717, 1.165) is 6.08 Å². The van der Waals surface area contributed by atoms with E-state index in [1.807, 2.05) is 0 Å². The van der Waals surface area contributed by atoms with Crippen LogP contribution in [-0.2, 0) is 14.4 Å². The highest BCUT2D eigenvalue weighted by Crippen LogP contribution is 2.31. The topological polar surface area (TPSA) is 91.7 Å². The zero-order valence-corrected chi connectivity index (χ0v) is 7.34. The van der Waals surface area contributed by atoms with E-state index in [4.69, 9.17) is 0 Å². The van der Waals surface area contributed by atoms with E-state index >= 15 is 0 Å². The molecule has 76 valence electrons. The van der Waals surface area contributed by atoms with Crippen molar-refractivity contribution in [3.05, 3.63) is 11.6 Å². The average Bonchev–Trinajstić information content (AvgIpc) is 2.17. The van der Waals surface area contributed by atoms with Gasteiger partial charge in [0.25, 0.3) is 0 Å². The van der Waals surface area contributed by atoms with Crippen molar-refractivity contribution < 1.29 is 24.6 Å². The lowest BCUT2D eigenvalue weighted by molar-refractivity contribution is -0.136. The summed E-state index contributed by atoms with van der Waals surface area (Å²) in [7, 11) is 0. The predicted molar refractivity (Wildman–Crippen MR) is 45.4 cm³/mol. The maximum atomic E-state index is 10.5. The van der Waals surface area contributed by atoms with Crippen molar-refractivity contribution in [2.45, 2.75) is 24.0 Å². The van der Waals surface area contributed by atoms with Gasteiger partial charge >= 0.3 is 0 Å². The number of carbonyl (C=O) groups excluding carboxylic acids is 3. The van der Waals surface area contributed by atoms with Gasteiger partial charge in [0, 0.05) is 12.8 Å². The fourth-order valence-corrected chi connectivity index (χ4v) is 1.56. The molecule has 0 amide bonds. The number of aliphatic hydroxyl groups is 2. The summed E-state index contributed by atoms with van der Waals surface area (Å²) >= 11 is 0. The highest BCUT2D eigenvalue weighted by molar-refractivity contribution is 5.81. The number of rotatable bonds is 3. The fourth-order valence-electron chi connectivity index (χ4n) is 1.56. The molecule has 0 bridgehead atoms. The third-order valence-electron chi connectivity index (χ3n) is 2.11. The SMILES string of the molecule is O=CC1=CC(O)(C=O)CC(O)(C=O)C1. The van der Waals surface area contributed by atoms with Crippen LogP contribution < -0.4 is 0 Å². The molecule has 0 spiro atoms. The van der Waals surface area contributed by atoms with Gasteiger partial charge in [-0.1, -0.05) is 0 Å². The third-order valence-corrected chi connectivity index (χ3v) is 2.11. The van der Waals surface area contributed by atoms with E-state index in [1.54, 1.807) is 0 Å². The highest BCUT2D eigenvalue weighted by Gasteiger charge is 2.42. The van der Waals surface area contributed by atoms with Crippen LogP contribution in [0.5, 0.6) is 0 Å². The summed E-state index contributed by atoms with van der Waals surface area (Å²) in [6.45, 7) is 0. The normalized spacial score (nSPS) is 37.1. The summed E-state index contributed by atoms with van der Waals surface area (Å²) < 4.78 is 0. The van der Waals surface area contributed by atoms with Crippen molar-refractivity contribution >= 4 is 18.9 Å². The standard InChI is InChI=1S/C9H10O5/c10-3-7-1-8(13,5-11)4-9(14,2-7)6-12/h1,3,5-6,13-14H,2,4H2. The number of carbonyl (C=O) groups is 3. The number of aldehydes is 3. The van der Waals surface area contributed by atoms with Crippen molar-refractivity contribution in [3.63, 3.8) is 0 Å². The summed E-state index contributed by atoms with van der Waals surface area (Å²) in [6, 6.07) is 0. The number of hydrogen-bond acceptors (Lipinski definition) is 5. The zero-order valence-electron chi connectivity index (χ0n) is 7.34. The second kappa shape index (κ2) is 3.43. The quantitative estimate of drug-likeness (QED) is 0.554. The van der Waals surface area contributed by atoms with Gasteiger partial charge in [-0.15, -0.1) is 0 Å². The first-order chi connectivity index (χ1) is 6.47. The minimum absolute atomic E-state index is 0.0421. The van der Waals surface area contributed by atoms with Gasteiger partial charge in [0.1, 0.15) is 17.5 Å². The van der Waals surface area contributed by atoms with E-state index in [9.17, 15) is 24.6 Å². The highest BCUT2D eigenvalue weighted by atomic mass is 16.3. The van der Waals surface area contributed by atoms with Gasteiger partial charge in [-0.05, 0) is 11.6 Å². The molecule has 14 heavy (non-hydrogen) atoms. The lowest BCUT2D eigenvalue weighted by Crippen LogP contribution is -2.46. The molecule has 1 aliphatic rings. The minimum Gasteiger partial charge on any atom is -0.382 e. The van der Waals surface area contributed by atoms with Gasteiger partial charge in [0.05, 0.1) is 0 Å². The first kappa shape index (κ1) is 10.7. The van der Waals surface area contributed by atoms with Crippen LogP contribution in [0.25, 0.3) is 0 Å². The van der Waals surface area contributed by atoms with Gasteiger partial charge < -0.3 is 15.0 Å². The van der Waals surface area contributed by atoms with Gasteiger partial charge in [-0.25, -0.2) is 0 Å². The molecule has 1 rings (SSSR count). The monoisotopic (exact) mass is 198 g/mol. The van der Waals surface area contributed by atoms with Gasteiger partial charge in [0.15, 0.2) is 12.6 Å². The van der Waals surface area contributed by atoms with Crippen LogP contribution in [0.4, 0.5) is 0 Å². The van der Waals surface area contributed by atoms with Crippen LogP contribution in [0.2, 0.25) is 0 Å². The molecule has 0 aromatic heterocycles. The molecule has 0 fully saturated rings. The summed E-state index contributed by atoms with van der Waals surface area (Å²) in [5, 5.41) is 19.1. The van der Waals surface area contributed by atoms with Crippen molar-refractivity contribution in [2.75, 3.05) is 0 Å². The Kier molecular flexibility index (Phi) is 2.64. The molecule has 2 N–H and O–H groups in total. The lowest BCUT2D eigenvalue weighted by atomic mass is 9.78. The van der Waals surface area contributed by atoms with E-state index in [-0.39, 0.29) is 24.6 Å². The Morgan fingerprint density at radius 1 is 1.21 bits per heavy atom. The second-order valence-corrected chi connectivity index (χ2v) is 3.52. The van der Waals surface area contributed by atoms with Crippen LogP contribution in [0.15, 0.2) is 11.6 Å². The Hall–Kier alpha value is -1.33. The van der Waals surface area contributed by atoms with E-state index in [0.29, 0.717) is 6.29 Å². The Morgan fingerprint density at radius 3 is 2.29 bits per heavy atom. The Balaban J connectivity index is 3.10. The van der Waals surface area contributed by atoms with Gasteiger partial charge in [-0.2, -0.15) is 0 Å². The van der Waals surface area contributed by atoms with Gasteiger partial charge in [0.2, 0.25) is 0 Å². The second-order valence-electron chi connectivity index (χ2n) is 3.52. The summed E-state index contributed by atoms with van der Waals surface area (Å²) in [4.78, 5) is 31.5. The summed E-state index contributed by atoms with van der Waals surface area (Å²) in [5.41, 5.74) is -3.72. The van der Waals surface area contributed by atoms with Crippen LogP contribution in [0.1, 0.15) is 12.8 Å². The molecule has 5 nitrogen and oxygen atoms in total. The molecular formula is C9H10O5. The molecule has 0 heterocycles. The van der Waals surface area contributed by atoms with Crippen molar-refractivity contribution in [1.29, 1.82) is 0 Å². The smallest absolute Gasteiger partial charge is 0.155 e. The maximum Gasteiger partial charge on any atom is 0.155 e. The van der Waals surface area contributed by atoms with Crippen LogP contribution in [0.3, 0.4) is 0 Å². The molecule has 0 aromatic carbocycles. The summed E-state index contributed by atoms with van der Waals surface area (Å²) in [5.74, 6) is 0. The first-order valence-corrected chi connectivity index (χ1v) is 4.01. The van der Waals surface area contributed by atoms with Crippen LogP contribution in [-0.4, -0.2) is 40.3 Å². The fraction of sp³-hybridized carbons (Fsp3) is 0.444. The maximum absolute atomic E-state index is 10.5. The van der Waals surface area contributed by atoms with E-state index in [2.05, 4.69) is 0 Å². The van der Waals surface area contributed by atoms with E-state index in [1.165, 1.54) is 0 Å². The molecule has 0 saturated heterocycles.